The minimum Gasteiger partial charge on any atom is -0.382 e. The molecule has 24 heavy (non-hydrogen) atoms. The lowest BCUT2D eigenvalue weighted by Crippen LogP contribution is -2.44. The highest BCUT2D eigenvalue weighted by molar-refractivity contribution is 5.61. The maximum Gasteiger partial charge on any atom is 0.270 e. The van der Waals surface area contributed by atoms with E-state index in [1.165, 1.54) is 25.0 Å². The van der Waals surface area contributed by atoms with Crippen LogP contribution in [0, 0.1) is 27.4 Å². The number of benzene rings is 1. The van der Waals surface area contributed by atoms with Gasteiger partial charge in [0.05, 0.1) is 22.8 Å². The Labute approximate surface area is 141 Å². The van der Waals surface area contributed by atoms with Crippen LogP contribution in [0.2, 0.25) is 0 Å². The average Bonchev–Trinajstić information content (AvgIpc) is 3.29. The molecule has 2 aliphatic rings. The Morgan fingerprint density at radius 1 is 1.46 bits per heavy atom. The number of anilines is 1. The van der Waals surface area contributed by atoms with Gasteiger partial charge in [0, 0.05) is 37.2 Å². The largest absolute Gasteiger partial charge is 0.382 e. The van der Waals surface area contributed by atoms with Crippen molar-refractivity contribution in [1.29, 1.82) is 5.26 Å². The van der Waals surface area contributed by atoms with Gasteiger partial charge in [0.1, 0.15) is 6.07 Å². The molecule has 2 fully saturated rings. The van der Waals surface area contributed by atoms with Crippen LogP contribution in [0.15, 0.2) is 18.2 Å². The summed E-state index contributed by atoms with van der Waals surface area (Å²) in [5, 5.41) is 23.5. The maximum absolute atomic E-state index is 10.8. The molecular formula is C17H22N4O3. The number of non-ortho nitro benzene ring substituents is 1. The molecule has 0 amide bonds. The molecule has 128 valence electrons. The summed E-state index contributed by atoms with van der Waals surface area (Å²) in [7, 11) is 0. The summed E-state index contributed by atoms with van der Waals surface area (Å²) in [5.74, 6) is 0.499. The van der Waals surface area contributed by atoms with Crippen LogP contribution in [0.4, 0.5) is 11.4 Å². The average molecular weight is 330 g/mol. The fraction of sp³-hybridized carbons (Fsp3) is 0.588. The van der Waals surface area contributed by atoms with Crippen LogP contribution < -0.4 is 5.32 Å². The third kappa shape index (κ3) is 3.66. The van der Waals surface area contributed by atoms with Crippen LogP contribution >= 0.6 is 0 Å². The van der Waals surface area contributed by atoms with Crippen molar-refractivity contribution in [2.45, 2.75) is 25.3 Å². The first-order chi connectivity index (χ1) is 11.7. The molecule has 1 aromatic rings. The van der Waals surface area contributed by atoms with Crippen LogP contribution in [0.25, 0.3) is 0 Å². The van der Waals surface area contributed by atoms with E-state index in [4.69, 9.17) is 4.74 Å². The third-order valence-corrected chi connectivity index (χ3v) is 4.95. The van der Waals surface area contributed by atoms with Gasteiger partial charge in [-0.3, -0.25) is 15.0 Å². The second kappa shape index (κ2) is 7.60. The molecule has 0 spiro atoms. The molecule has 0 aromatic heterocycles. The van der Waals surface area contributed by atoms with E-state index < -0.39 is 4.92 Å². The van der Waals surface area contributed by atoms with E-state index in [1.54, 1.807) is 6.07 Å². The molecule has 1 aromatic carbocycles. The molecule has 0 bridgehead atoms. The Kier molecular flexibility index (Phi) is 5.28. The maximum atomic E-state index is 10.8. The van der Waals surface area contributed by atoms with Crippen molar-refractivity contribution in [3.63, 3.8) is 0 Å². The lowest BCUT2D eigenvalue weighted by atomic mass is 9.97. The molecule has 2 heterocycles. The van der Waals surface area contributed by atoms with E-state index in [0.29, 0.717) is 23.2 Å². The van der Waals surface area contributed by atoms with E-state index in [2.05, 4.69) is 10.2 Å². The van der Waals surface area contributed by atoms with E-state index >= 15 is 0 Å². The second-order valence-electron chi connectivity index (χ2n) is 6.41. The molecule has 2 saturated heterocycles. The number of hydrogen-bond acceptors (Lipinski definition) is 6. The minimum atomic E-state index is -0.479. The van der Waals surface area contributed by atoms with Crippen molar-refractivity contribution in [1.82, 2.24) is 4.90 Å². The number of likely N-dealkylation sites (tertiary alicyclic amines) is 1. The molecule has 7 nitrogen and oxygen atoms in total. The van der Waals surface area contributed by atoms with Crippen LogP contribution in [0.3, 0.4) is 0 Å². The zero-order valence-electron chi connectivity index (χ0n) is 13.6. The number of nitriles is 1. The summed E-state index contributed by atoms with van der Waals surface area (Å²) in [6, 6.07) is 6.81. The first-order valence-electron chi connectivity index (χ1n) is 8.43. The highest BCUT2D eigenvalue weighted by atomic mass is 16.6. The first-order valence-corrected chi connectivity index (χ1v) is 8.43. The Morgan fingerprint density at radius 2 is 2.25 bits per heavy atom. The lowest BCUT2D eigenvalue weighted by Gasteiger charge is -2.32. The third-order valence-electron chi connectivity index (χ3n) is 4.95. The Hall–Kier alpha value is -2.17. The summed E-state index contributed by atoms with van der Waals surface area (Å²) in [4.78, 5) is 12.9. The number of nitrogens with one attached hydrogen (secondary N) is 1. The van der Waals surface area contributed by atoms with Crippen molar-refractivity contribution < 1.29 is 9.66 Å². The van der Waals surface area contributed by atoms with E-state index in [0.717, 1.165) is 39.3 Å². The molecule has 0 saturated carbocycles. The number of nitrogens with zero attached hydrogens (tertiary/aromatic N) is 3. The molecule has 0 aliphatic carbocycles. The van der Waals surface area contributed by atoms with Crippen LogP contribution in [0.5, 0.6) is 0 Å². The summed E-state index contributed by atoms with van der Waals surface area (Å²) in [6.07, 6.45) is 3.52. The predicted molar refractivity (Wildman–Crippen MR) is 89.8 cm³/mol. The first kappa shape index (κ1) is 16.7. The van der Waals surface area contributed by atoms with Crippen molar-refractivity contribution in [3.05, 3.63) is 33.9 Å². The number of rotatable bonds is 6. The molecule has 2 atom stereocenters. The standard InChI is InChI=1S/C17H22N4O3/c18-10-14-9-15(21(22)23)3-4-16(14)19-11-17(13-5-8-24-12-13)20-6-1-2-7-20/h3-4,9,13,17,19H,1-2,5-8,11-12H2/t13-,17+/m1/s1. The van der Waals surface area contributed by atoms with Crippen LogP contribution in [0.1, 0.15) is 24.8 Å². The van der Waals surface area contributed by atoms with Crippen molar-refractivity contribution in [3.8, 4) is 6.07 Å². The monoisotopic (exact) mass is 330 g/mol. The van der Waals surface area contributed by atoms with Crippen LogP contribution in [-0.4, -0.2) is 48.7 Å². The van der Waals surface area contributed by atoms with Gasteiger partial charge in [-0.1, -0.05) is 0 Å². The smallest absolute Gasteiger partial charge is 0.270 e. The van der Waals surface area contributed by atoms with Gasteiger partial charge in [-0.15, -0.1) is 0 Å². The predicted octanol–water partition coefficient (Wildman–Crippen LogP) is 2.38. The highest BCUT2D eigenvalue weighted by Gasteiger charge is 2.31. The van der Waals surface area contributed by atoms with Gasteiger partial charge in [0.15, 0.2) is 0 Å². The number of hydrogen-bond donors (Lipinski definition) is 1. The number of nitro groups is 1. The molecular weight excluding hydrogens is 308 g/mol. The molecule has 0 radical (unpaired) electrons. The van der Waals surface area contributed by atoms with Gasteiger partial charge in [0.2, 0.25) is 0 Å². The molecule has 1 N–H and O–H groups in total. The Balaban J connectivity index is 1.72. The lowest BCUT2D eigenvalue weighted by molar-refractivity contribution is -0.384. The quantitative estimate of drug-likeness (QED) is 0.636. The van der Waals surface area contributed by atoms with Crippen molar-refractivity contribution >= 4 is 11.4 Å². The SMILES string of the molecule is N#Cc1cc([N+](=O)[O-])ccc1NC[C@@H]([C@@H]1CCOC1)N1CCCC1. The topological polar surface area (TPSA) is 91.4 Å². The summed E-state index contributed by atoms with van der Waals surface area (Å²) in [5.41, 5.74) is 0.913. The summed E-state index contributed by atoms with van der Waals surface area (Å²) in [6.45, 7) is 4.53. The summed E-state index contributed by atoms with van der Waals surface area (Å²) >= 11 is 0. The number of nitro benzene ring substituents is 1. The second-order valence-corrected chi connectivity index (χ2v) is 6.41. The van der Waals surface area contributed by atoms with Gasteiger partial charge in [-0.05, 0) is 38.4 Å². The highest BCUT2D eigenvalue weighted by Crippen LogP contribution is 2.26. The van der Waals surface area contributed by atoms with Crippen molar-refractivity contribution in [2.24, 2.45) is 5.92 Å². The normalized spacial score (nSPS) is 22.2. The van der Waals surface area contributed by atoms with E-state index in [9.17, 15) is 15.4 Å². The molecule has 2 aliphatic heterocycles. The van der Waals surface area contributed by atoms with Gasteiger partial charge >= 0.3 is 0 Å². The zero-order valence-corrected chi connectivity index (χ0v) is 13.6. The van der Waals surface area contributed by atoms with Gasteiger partial charge < -0.3 is 10.1 Å². The number of ether oxygens (including phenoxy) is 1. The van der Waals surface area contributed by atoms with E-state index in [-0.39, 0.29) is 5.69 Å². The van der Waals surface area contributed by atoms with Gasteiger partial charge in [-0.25, -0.2) is 0 Å². The summed E-state index contributed by atoms with van der Waals surface area (Å²) < 4.78 is 5.55. The zero-order chi connectivity index (χ0) is 16.9. The Bertz CT molecular complexity index is 615. The van der Waals surface area contributed by atoms with Gasteiger partial charge in [-0.2, -0.15) is 5.26 Å². The Morgan fingerprint density at radius 3 is 2.88 bits per heavy atom. The molecule has 0 unspecified atom stereocenters. The minimum absolute atomic E-state index is 0.0580. The van der Waals surface area contributed by atoms with Gasteiger partial charge in [0.25, 0.3) is 5.69 Å². The van der Waals surface area contributed by atoms with Crippen molar-refractivity contribution in [2.75, 3.05) is 38.2 Å². The fourth-order valence-electron chi connectivity index (χ4n) is 3.63. The molecule has 7 heteroatoms. The molecule has 3 rings (SSSR count). The fourth-order valence-corrected chi connectivity index (χ4v) is 3.63. The van der Waals surface area contributed by atoms with E-state index in [1.807, 2.05) is 6.07 Å². The van der Waals surface area contributed by atoms with Crippen LogP contribution in [-0.2, 0) is 4.74 Å².